The van der Waals surface area contributed by atoms with Gasteiger partial charge in [0.15, 0.2) is 0 Å². The van der Waals surface area contributed by atoms with Gasteiger partial charge in [0, 0.05) is 5.56 Å². The van der Waals surface area contributed by atoms with Gasteiger partial charge in [0.25, 0.3) is 11.8 Å². The van der Waals surface area contributed by atoms with Crippen LogP contribution in [0.25, 0.3) is 22.2 Å². The van der Waals surface area contributed by atoms with E-state index in [0.717, 1.165) is 11.1 Å². The summed E-state index contributed by atoms with van der Waals surface area (Å²) in [5, 5.41) is 8.51. The van der Waals surface area contributed by atoms with E-state index >= 15 is 0 Å². The van der Waals surface area contributed by atoms with Gasteiger partial charge >= 0.3 is 0 Å². The van der Waals surface area contributed by atoms with E-state index in [1.54, 1.807) is 17.5 Å². The number of nitrogens with one attached hydrogen (secondary N) is 1. The SMILES string of the molecule is Cc1ccc(-c2noc(-c3sccc3NC(=O)c3ccccc3F)n2)cc1. The second-order valence-corrected chi connectivity index (χ2v) is 6.80. The lowest BCUT2D eigenvalue weighted by Crippen LogP contribution is -2.13. The highest BCUT2D eigenvalue weighted by atomic mass is 32.1. The zero-order valence-electron chi connectivity index (χ0n) is 14.3. The number of benzene rings is 2. The number of halogens is 1. The summed E-state index contributed by atoms with van der Waals surface area (Å²) in [5.41, 5.74) is 2.44. The zero-order chi connectivity index (χ0) is 18.8. The van der Waals surface area contributed by atoms with Crippen LogP contribution in [0.15, 0.2) is 64.5 Å². The second kappa shape index (κ2) is 7.13. The van der Waals surface area contributed by atoms with Crippen LogP contribution in [0, 0.1) is 12.7 Å². The number of aryl methyl sites for hydroxylation is 1. The van der Waals surface area contributed by atoms with E-state index in [1.807, 2.05) is 31.2 Å². The minimum absolute atomic E-state index is 0.0273. The zero-order valence-corrected chi connectivity index (χ0v) is 15.1. The lowest BCUT2D eigenvalue weighted by atomic mass is 10.1. The standard InChI is InChI=1S/C20H14FN3O2S/c1-12-6-8-13(9-7-12)18-23-20(26-24-18)17-16(10-11-27-17)22-19(25)14-4-2-3-5-15(14)21/h2-11H,1H3,(H,22,25). The summed E-state index contributed by atoms with van der Waals surface area (Å²) in [5.74, 6) is -0.355. The number of carbonyl (C=O) groups excluding carboxylic acids is 1. The number of rotatable bonds is 4. The summed E-state index contributed by atoms with van der Waals surface area (Å²) in [6.45, 7) is 2.00. The molecule has 0 aliphatic carbocycles. The molecule has 0 bridgehead atoms. The molecule has 4 rings (SSSR count). The first kappa shape index (κ1) is 17.1. The summed E-state index contributed by atoms with van der Waals surface area (Å²) >= 11 is 1.35. The van der Waals surface area contributed by atoms with Gasteiger partial charge in [0.05, 0.1) is 11.3 Å². The molecule has 134 valence electrons. The molecule has 0 fully saturated rings. The first-order valence-corrected chi connectivity index (χ1v) is 9.04. The molecule has 0 saturated heterocycles. The topological polar surface area (TPSA) is 68.0 Å². The molecule has 27 heavy (non-hydrogen) atoms. The van der Waals surface area contributed by atoms with Gasteiger partial charge in [-0.05, 0) is 30.5 Å². The summed E-state index contributed by atoms with van der Waals surface area (Å²) in [6.07, 6.45) is 0. The van der Waals surface area contributed by atoms with E-state index in [0.29, 0.717) is 22.3 Å². The highest BCUT2D eigenvalue weighted by Gasteiger charge is 2.19. The Hall–Kier alpha value is -3.32. The molecule has 0 unspecified atom stereocenters. The Morgan fingerprint density at radius 2 is 1.89 bits per heavy atom. The van der Waals surface area contributed by atoms with Crippen LogP contribution in [-0.4, -0.2) is 16.0 Å². The minimum atomic E-state index is -0.578. The van der Waals surface area contributed by atoms with Crippen molar-refractivity contribution < 1.29 is 13.7 Å². The Kier molecular flexibility index (Phi) is 4.52. The fraction of sp³-hybridized carbons (Fsp3) is 0.0500. The largest absolute Gasteiger partial charge is 0.333 e. The fourth-order valence-corrected chi connectivity index (χ4v) is 3.31. The third kappa shape index (κ3) is 3.50. The van der Waals surface area contributed by atoms with Gasteiger partial charge in [-0.15, -0.1) is 11.3 Å². The number of anilines is 1. The molecule has 2 aromatic carbocycles. The molecule has 0 radical (unpaired) electrons. The fourth-order valence-electron chi connectivity index (χ4n) is 2.54. The third-order valence-electron chi connectivity index (χ3n) is 3.96. The number of nitrogens with zero attached hydrogens (tertiary/aromatic N) is 2. The van der Waals surface area contributed by atoms with Gasteiger partial charge in [0.2, 0.25) is 5.82 Å². The molecule has 0 spiro atoms. The number of aromatic nitrogens is 2. The molecule has 0 saturated carbocycles. The second-order valence-electron chi connectivity index (χ2n) is 5.89. The van der Waals surface area contributed by atoms with Crippen molar-refractivity contribution in [3.05, 3.63) is 76.9 Å². The van der Waals surface area contributed by atoms with Gasteiger partial charge < -0.3 is 9.84 Å². The predicted octanol–water partition coefficient (Wildman–Crippen LogP) is 5.16. The van der Waals surface area contributed by atoms with Crippen LogP contribution in [0.3, 0.4) is 0 Å². The Morgan fingerprint density at radius 1 is 1.11 bits per heavy atom. The maximum absolute atomic E-state index is 13.8. The van der Waals surface area contributed by atoms with Crippen molar-refractivity contribution in [2.24, 2.45) is 0 Å². The van der Waals surface area contributed by atoms with E-state index in [9.17, 15) is 9.18 Å². The van der Waals surface area contributed by atoms with Crippen molar-refractivity contribution in [1.29, 1.82) is 0 Å². The molecule has 0 aliphatic rings. The molecule has 7 heteroatoms. The van der Waals surface area contributed by atoms with Gasteiger partial charge in [-0.25, -0.2) is 4.39 Å². The first-order chi connectivity index (χ1) is 13.1. The van der Waals surface area contributed by atoms with Crippen molar-refractivity contribution >= 4 is 22.9 Å². The Balaban J connectivity index is 1.60. The van der Waals surface area contributed by atoms with E-state index in [-0.39, 0.29) is 5.56 Å². The molecule has 1 N–H and O–H groups in total. The smallest absolute Gasteiger partial charge is 0.270 e. The quantitative estimate of drug-likeness (QED) is 0.531. The van der Waals surface area contributed by atoms with Gasteiger partial charge in [-0.3, -0.25) is 4.79 Å². The van der Waals surface area contributed by atoms with Crippen LogP contribution < -0.4 is 5.32 Å². The van der Waals surface area contributed by atoms with Crippen molar-refractivity contribution in [2.45, 2.75) is 6.92 Å². The van der Waals surface area contributed by atoms with Crippen LogP contribution in [0.1, 0.15) is 15.9 Å². The summed E-state index contributed by atoms with van der Waals surface area (Å²) in [6, 6.07) is 15.3. The van der Waals surface area contributed by atoms with E-state index < -0.39 is 11.7 Å². The molecule has 2 heterocycles. The van der Waals surface area contributed by atoms with Crippen molar-refractivity contribution in [3.63, 3.8) is 0 Å². The van der Waals surface area contributed by atoms with Gasteiger partial charge in [0.1, 0.15) is 10.7 Å². The highest BCUT2D eigenvalue weighted by molar-refractivity contribution is 7.14. The number of carbonyl (C=O) groups is 1. The number of hydrogen-bond donors (Lipinski definition) is 1. The van der Waals surface area contributed by atoms with E-state index in [1.165, 1.54) is 29.5 Å². The molecule has 0 atom stereocenters. The number of hydrogen-bond acceptors (Lipinski definition) is 5. The van der Waals surface area contributed by atoms with E-state index in [2.05, 4.69) is 15.5 Å². The lowest BCUT2D eigenvalue weighted by Gasteiger charge is -2.05. The van der Waals surface area contributed by atoms with Crippen LogP contribution in [0.4, 0.5) is 10.1 Å². The third-order valence-corrected chi connectivity index (χ3v) is 4.86. The Bertz CT molecular complexity index is 1100. The average Bonchev–Trinajstić information content (AvgIpc) is 3.32. The molecule has 5 nitrogen and oxygen atoms in total. The summed E-state index contributed by atoms with van der Waals surface area (Å²) in [4.78, 5) is 17.4. The Labute approximate surface area is 158 Å². The highest BCUT2D eigenvalue weighted by Crippen LogP contribution is 2.34. The first-order valence-electron chi connectivity index (χ1n) is 8.16. The summed E-state index contributed by atoms with van der Waals surface area (Å²) in [7, 11) is 0. The van der Waals surface area contributed by atoms with Crippen LogP contribution in [0.5, 0.6) is 0 Å². The monoisotopic (exact) mass is 379 g/mol. The van der Waals surface area contributed by atoms with Crippen molar-refractivity contribution in [1.82, 2.24) is 10.1 Å². The molecular formula is C20H14FN3O2S. The summed E-state index contributed by atoms with van der Waals surface area (Å²) < 4.78 is 19.2. The molecular weight excluding hydrogens is 365 g/mol. The predicted molar refractivity (Wildman–Crippen MR) is 102 cm³/mol. The van der Waals surface area contributed by atoms with Crippen molar-refractivity contribution in [2.75, 3.05) is 5.32 Å². The van der Waals surface area contributed by atoms with E-state index in [4.69, 9.17) is 4.52 Å². The van der Waals surface area contributed by atoms with Crippen LogP contribution in [0.2, 0.25) is 0 Å². The maximum atomic E-state index is 13.8. The number of amides is 1. The van der Waals surface area contributed by atoms with Crippen molar-refractivity contribution in [3.8, 4) is 22.2 Å². The molecule has 1 amide bonds. The molecule has 2 aromatic heterocycles. The Morgan fingerprint density at radius 3 is 2.67 bits per heavy atom. The average molecular weight is 379 g/mol. The van der Waals surface area contributed by atoms with Crippen LogP contribution >= 0.6 is 11.3 Å². The van der Waals surface area contributed by atoms with Gasteiger partial charge in [-0.2, -0.15) is 4.98 Å². The van der Waals surface area contributed by atoms with Crippen LogP contribution in [-0.2, 0) is 0 Å². The number of thiophene rings is 1. The van der Waals surface area contributed by atoms with Gasteiger partial charge in [-0.1, -0.05) is 47.1 Å². The molecule has 4 aromatic rings. The normalized spacial score (nSPS) is 10.7. The molecule has 0 aliphatic heterocycles. The lowest BCUT2D eigenvalue weighted by molar-refractivity contribution is 0.102. The minimum Gasteiger partial charge on any atom is -0.333 e. The maximum Gasteiger partial charge on any atom is 0.270 e.